The van der Waals surface area contributed by atoms with E-state index < -0.39 is 0 Å². The predicted octanol–water partition coefficient (Wildman–Crippen LogP) is -1.26. The maximum atomic E-state index is 8.06. The fourth-order valence-electron chi connectivity index (χ4n) is 0. The van der Waals surface area contributed by atoms with E-state index in [0.717, 1.165) is 0 Å². The van der Waals surface area contributed by atoms with Gasteiger partial charge in [-0.2, -0.15) is 0 Å². The Kier molecular flexibility index (Phi) is 96.9. The zero-order valence-electron chi connectivity index (χ0n) is 1.99. The Morgan fingerprint density at radius 1 is 1.25 bits per heavy atom. The maximum Gasteiger partial charge on any atom is 0.381 e. The molecule has 0 aromatic rings. The van der Waals surface area contributed by atoms with Gasteiger partial charge in [-0.05, 0) is 0 Å². The zero-order valence-corrected chi connectivity index (χ0v) is 9.14. The van der Waals surface area contributed by atoms with Crippen molar-refractivity contribution in [3.05, 3.63) is 0 Å². The molecule has 0 aliphatic carbocycles. The van der Waals surface area contributed by atoms with E-state index in [0.29, 0.717) is 0 Å². The first-order valence-corrected chi connectivity index (χ1v) is 0.612. The molecule has 0 saturated carbocycles. The van der Waals surface area contributed by atoms with E-state index in [1.807, 2.05) is 0 Å². The molecule has 0 atom stereocenters. The van der Waals surface area contributed by atoms with E-state index >= 15 is 0 Å². The van der Waals surface area contributed by atoms with Gasteiger partial charge in [0.2, 0.25) is 0 Å². The van der Waals surface area contributed by atoms with E-state index in [9.17, 15) is 0 Å². The quantitative estimate of drug-likeness (QED) is 0.505. The first-order chi connectivity index (χ1) is 1.00. The summed E-state index contributed by atoms with van der Waals surface area (Å²) in [7, 11) is 1.72. The number of rotatable bonds is 0. The molecule has 0 fully saturated rings. The summed E-state index contributed by atoms with van der Waals surface area (Å²) in [5.74, 6) is 0. The Hall–Kier alpha value is 1.69. The summed E-state index contributed by atoms with van der Waals surface area (Å²) in [6, 6.07) is 0. The minimum absolute atomic E-state index is 0. The molecule has 0 aliphatic heterocycles. The van der Waals surface area contributed by atoms with Crippen molar-refractivity contribution >= 4 is 59.9 Å². The van der Waals surface area contributed by atoms with Crippen molar-refractivity contribution in [3.63, 3.8) is 0 Å². The van der Waals surface area contributed by atoms with E-state index in [2.05, 4.69) is 0 Å². The van der Waals surface area contributed by atoms with E-state index in [4.69, 9.17) is 4.46 Å². The van der Waals surface area contributed by atoms with Crippen LogP contribution in [0.5, 0.6) is 0 Å². The van der Waals surface area contributed by atoms with Crippen LogP contribution in [0.1, 0.15) is 0 Å². The van der Waals surface area contributed by atoms with Crippen LogP contribution in [-0.2, 0) is 4.46 Å². The van der Waals surface area contributed by atoms with Crippen LogP contribution >= 0.6 is 0 Å². The van der Waals surface area contributed by atoms with Gasteiger partial charge in [0.05, 0.1) is 0 Å². The van der Waals surface area contributed by atoms with Crippen molar-refractivity contribution in [2.75, 3.05) is 0 Å². The van der Waals surface area contributed by atoms with Crippen LogP contribution in [0, 0.1) is 0 Å². The van der Waals surface area contributed by atoms with Gasteiger partial charge < -0.3 is 4.46 Å². The maximum absolute atomic E-state index is 8.06. The molecule has 0 aromatic carbocycles. The Labute approximate surface area is 63.8 Å². The number of hydrogen-bond donors (Lipinski definition) is 0. The normalized spacial score (nSPS) is 1.00. The van der Waals surface area contributed by atoms with Crippen LogP contribution in [0.3, 0.4) is 0 Å². The second kappa shape index (κ2) is 22.4. The first-order valence-electron chi connectivity index (χ1n) is 0.204. The van der Waals surface area contributed by atoms with Crippen LogP contribution < -0.4 is 0 Å². The van der Waals surface area contributed by atoms with Gasteiger partial charge in [-0.3, -0.25) is 0 Å². The average molecular weight is 278 g/mol. The summed E-state index contributed by atoms with van der Waals surface area (Å²) in [4.78, 5) is 0. The molecule has 0 aromatic heterocycles. The molecule has 0 bridgehead atoms. The molecular formula is InOSiSn. The molecule has 0 unspecified atom stereocenters. The third-order valence-electron chi connectivity index (χ3n) is 0. The molecule has 4 heteroatoms. The minimum Gasteiger partial charge on any atom is -0.381 e. The molecule has 4 heavy (non-hydrogen) atoms. The molecule has 1 nitrogen and oxygen atoms in total. The monoisotopic (exact) mass is 279 g/mol. The van der Waals surface area contributed by atoms with Gasteiger partial charge in [-0.15, -0.1) is 0 Å². The van der Waals surface area contributed by atoms with Crippen molar-refractivity contribution in [1.82, 2.24) is 0 Å². The van der Waals surface area contributed by atoms with Crippen molar-refractivity contribution in [1.29, 1.82) is 0 Å². The Morgan fingerprint density at radius 2 is 1.25 bits per heavy atom. The average Bonchev–Trinajstić information content (AvgIpc) is 1.00. The largest absolute Gasteiger partial charge is 0.381 e. The van der Waals surface area contributed by atoms with Crippen LogP contribution in [0.15, 0.2) is 0 Å². The third kappa shape index (κ3) is 9.36. The topological polar surface area (TPSA) is 17.1 Å². The summed E-state index contributed by atoms with van der Waals surface area (Å²) in [6.45, 7) is 0. The fraction of sp³-hybridized carbons (Fsp3) is 0. The second-order valence-corrected chi connectivity index (χ2v) is 0. The van der Waals surface area contributed by atoms with Crippen molar-refractivity contribution in [2.24, 2.45) is 0 Å². The van der Waals surface area contributed by atoms with Crippen LogP contribution in [0.25, 0.3) is 0 Å². The smallest absolute Gasteiger partial charge is 0.381 e. The molecule has 0 aliphatic rings. The summed E-state index contributed by atoms with van der Waals surface area (Å²) >= 11 is 0. The Balaban J connectivity index is -0.00000000500. The first kappa shape index (κ1) is 17.3. The number of hydrogen-bond acceptors (Lipinski definition) is 1. The van der Waals surface area contributed by atoms with Gasteiger partial charge >= 0.3 is 10.1 Å². The molecule has 0 amide bonds. The Morgan fingerprint density at radius 3 is 1.25 bits per heavy atom. The summed E-state index contributed by atoms with van der Waals surface area (Å²) in [6.07, 6.45) is 0. The van der Waals surface area contributed by atoms with Crippen LogP contribution in [0.4, 0.5) is 0 Å². The molecular weight excluding hydrogens is 278 g/mol. The van der Waals surface area contributed by atoms with Crippen LogP contribution in [0.2, 0.25) is 0 Å². The zero-order chi connectivity index (χ0) is 2.00. The van der Waals surface area contributed by atoms with E-state index in [1.165, 1.54) is 0 Å². The third-order valence-corrected chi connectivity index (χ3v) is 0. The molecule has 17 valence electrons. The summed E-state index contributed by atoms with van der Waals surface area (Å²) in [5, 5.41) is 0. The van der Waals surface area contributed by atoms with Gasteiger partial charge in [0.15, 0.2) is 0 Å². The molecule has 0 saturated heterocycles. The van der Waals surface area contributed by atoms with Gasteiger partial charge in [-0.25, -0.2) is 0 Å². The predicted molar refractivity (Wildman–Crippen MR) is 17.9 cm³/mol. The van der Waals surface area contributed by atoms with Crippen molar-refractivity contribution < 1.29 is 4.46 Å². The fourth-order valence-corrected chi connectivity index (χ4v) is 0. The second-order valence-electron chi connectivity index (χ2n) is 0. The summed E-state index contributed by atoms with van der Waals surface area (Å²) in [5.41, 5.74) is 0. The molecule has 0 rings (SSSR count). The SMILES string of the molecule is O=[Si].[In].[Sn]. The van der Waals surface area contributed by atoms with Crippen molar-refractivity contribution in [2.45, 2.75) is 0 Å². The van der Waals surface area contributed by atoms with Gasteiger partial charge in [0.1, 0.15) is 0 Å². The van der Waals surface area contributed by atoms with Gasteiger partial charge in [0, 0.05) is 49.8 Å². The Bertz CT molecular complexity index is 8.00. The van der Waals surface area contributed by atoms with Gasteiger partial charge in [0.25, 0.3) is 0 Å². The van der Waals surface area contributed by atoms with E-state index in [-0.39, 0.29) is 49.8 Å². The minimum atomic E-state index is 0. The van der Waals surface area contributed by atoms with Gasteiger partial charge in [-0.1, -0.05) is 0 Å². The standard InChI is InChI=1S/In.OSi.Sn/c;1-2;. The molecule has 0 spiro atoms. The molecule has 0 N–H and O–H groups in total. The van der Waals surface area contributed by atoms with Crippen molar-refractivity contribution in [3.8, 4) is 0 Å². The molecule has 0 heterocycles. The van der Waals surface area contributed by atoms with E-state index in [1.54, 1.807) is 10.1 Å². The van der Waals surface area contributed by atoms with Crippen LogP contribution in [-0.4, -0.2) is 59.9 Å². The summed E-state index contributed by atoms with van der Waals surface area (Å²) < 4.78 is 8.06. The molecule has 9 radical (unpaired) electrons.